The Morgan fingerprint density at radius 2 is 2.05 bits per heavy atom. The summed E-state index contributed by atoms with van der Waals surface area (Å²) in [5.41, 5.74) is 8.11. The van der Waals surface area contributed by atoms with Crippen molar-refractivity contribution in [2.75, 3.05) is 5.73 Å². The van der Waals surface area contributed by atoms with Crippen LogP contribution in [-0.2, 0) is 10.3 Å². The van der Waals surface area contributed by atoms with Gasteiger partial charge in [0, 0.05) is 23.2 Å². The Hall–Kier alpha value is -2.30. The van der Waals surface area contributed by atoms with Crippen LogP contribution in [0, 0.1) is 0 Å². The first kappa shape index (κ1) is 12.4. The highest BCUT2D eigenvalue weighted by Gasteiger charge is 2.47. The van der Waals surface area contributed by atoms with Gasteiger partial charge in [0.05, 0.1) is 5.56 Å². The molecule has 21 heavy (non-hydrogen) atoms. The minimum Gasteiger partial charge on any atom is -0.451 e. The summed E-state index contributed by atoms with van der Waals surface area (Å²) in [6.07, 6.45) is 3.62. The van der Waals surface area contributed by atoms with Crippen molar-refractivity contribution in [2.45, 2.75) is 37.2 Å². The van der Waals surface area contributed by atoms with Crippen LogP contribution in [0.1, 0.15) is 53.2 Å². The first-order valence-corrected chi connectivity index (χ1v) is 7.32. The van der Waals surface area contributed by atoms with Gasteiger partial charge in [0.1, 0.15) is 11.4 Å². The van der Waals surface area contributed by atoms with E-state index in [1.54, 1.807) is 0 Å². The highest BCUT2D eigenvalue weighted by Crippen LogP contribution is 2.49. The Bertz CT molecular complexity index is 699. The van der Waals surface area contributed by atoms with E-state index >= 15 is 0 Å². The number of hydrogen-bond donors (Lipinski definition) is 2. The van der Waals surface area contributed by atoms with E-state index < -0.39 is 5.60 Å². The molecule has 0 atom stereocenters. The van der Waals surface area contributed by atoms with E-state index in [-0.39, 0.29) is 5.97 Å². The maximum absolute atomic E-state index is 12.0. The number of nitrogens with one attached hydrogen (secondary N) is 1. The normalized spacial score (nSPS) is 27.6. The van der Waals surface area contributed by atoms with Crippen LogP contribution in [0.2, 0.25) is 0 Å². The number of H-pyrrole nitrogens is 1. The van der Waals surface area contributed by atoms with Crippen molar-refractivity contribution in [3.8, 4) is 0 Å². The van der Waals surface area contributed by atoms with Crippen molar-refractivity contribution in [3.63, 3.8) is 0 Å². The molecule has 1 saturated carbocycles. The molecule has 1 aliphatic heterocycles. The fourth-order valence-electron chi connectivity index (χ4n) is 3.67. The van der Waals surface area contributed by atoms with E-state index in [0.717, 1.165) is 42.5 Å². The van der Waals surface area contributed by atoms with Gasteiger partial charge in [-0.1, -0.05) is 18.2 Å². The third-order valence-corrected chi connectivity index (χ3v) is 4.78. The summed E-state index contributed by atoms with van der Waals surface area (Å²) in [6.45, 7) is 0. The number of nitrogens with zero attached hydrogens (tertiary/aromatic N) is 1. The molecule has 2 heterocycles. The molecule has 1 aliphatic carbocycles. The number of carbonyl (C=O) groups excluding carboxylic acids is 1. The standard InChI is InChI=1S/C16H17N3O2/c17-14-9-13(18-19-14)10-5-7-16(8-6-10)12-4-2-1-3-11(12)15(20)21-16/h1-4,9-10H,5-8H2,(H3,17,18,19). The van der Waals surface area contributed by atoms with Crippen LogP contribution < -0.4 is 5.73 Å². The molecule has 1 aromatic heterocycles. The zero-order valence-corrected chi connectivity index (χ0v) is 11.6. The Morgan fingerprint density at radius 1 is 1.29 bits per heavy atom. The minimum absolute atomic E-state index is 0.185. The topological polar surface area (TPSA) is 81.0 Å². The molecule has 1 fully saturated rings. The zero-order chi connectivity index (χ0) is 14.4. The number of nitrogens with two attached hydrogens (primary N) is 1. The first-order chi connectivity index (χ1) is 10.2. The van der Waals surface area contributed by atoms with Gasteiger partial charge >= 0.3 is 5.97 Å². The maximum atomic E-state index is 12.0. The second-order valence-corrected chi connectivity index (χ2v) is 5.95. The molecule has 2 aromatic rings. The number of aromatic amines is 1. The quantitative estimate of drug-likeness (QED) is 0.788. The van der Waals surface area contributed by atoms with E-state index in [1.807, 2.05) is 30.3 Å². The van der Waals surface area contributed by atoms with E-state index in [4.69, 9.17) is 10.5 Å². The Morgan fingerprint density at radius 3 is 2.76 bits per heavy atom. The second kappa shape index (κ2) is 4.35. The first-order valence-electron chi connectivity index (χ1n) is 7.32. The van der Waals surface area contributed by atoms with E-state index in [0.29, 0.717) is 11.7 Å². The monoisotopic (exact) mass is 283 g/mol. The second-order valence-electron chi connectivity index (χ2n) is 5.95. The van der Waals surface area contributed by atoms with Gasteiger partial charge in [0.25, 0.3) is 0 Å². The van der Waals surface area contributed by atoms with Gasteiger partial charge in [-0.25, -0.2) is 4.79 Å². The van der Waals surface area contributed by atoms with Gasteiger partial charge in [0.2, 0.25) is 0 Å². The van der Waals surface area contributed by atoms with E-state index in [9.17, 15) is 4.79 Å². The van der Waals surface area contributed by atoms with Crippen LogP contribution in [0.3, 0.4) is 0 Å². The van der Waals surface area contributed by atoms with Gasteiger partial charge < -0.3 is 10.5 Å². The molecule has 2 aliphatic rings. The fraction of sp³-hybridized carbons (Fsp3) is 0.375. The molecule has 0 radical (unpaired) electrons. The molecule has 3 N–H and O–H groups in total. The van der Waals surface area contributed by atoms with Crippen LogP contribution >= 0.6 is 0 Å². The van der Waals surface area contributed by atoms with Crippen molar-refractivity contribution < 1.29 is 9.53 Å². The maximum Gasteiger partial charge on any atom is 0.339 e. The van der Waals surface area contributed by atoms with Crippen LogP contribution in [0.5, 0.6) is 0 Å². The average molecular weight is 283 g/mol. The SMILES string of the molecule is Nc1cc(C2CCC3(CC2)OC(=O)c2ccccc23)[nH]n1. The summed E-state index contributed by atoms with van der Waals surface area (Å²) in [4.78, 5) is 12.0. The number of ether oxygens (including phenoxy) is 1. The molecular weight excluding hydrogens is 266 g/mol. The van der Waals surface area contributed by atoms with Crippen molar-refractivity contribution in [1.29, 1.82) is 0 Å². The molecule has 5 heteroatoms. The summed E-state index contributed by atoms with van der Waals surface area (Å²) in [6, 6.07) is 9.64. The van der Waals surface area contributed by atoms with Crippen molar-refractivity contribution >= 4 is 11.8 Å². The highest BCUT2D eigenvalue weighted by atomic mass is 16.6. The molecule has 0 unspecified atom stereocenters. The number of hydrogen-bond acceptors (Lipinski definition) is 4. The lowest BCUT2D eigenvalue weighted by atomic mass is 9.74. The summed E-state index contributed by atoms with van der Waals surface area (Å²) in [7, 11) is 0. The predicted octanol–water partition coefficient (Wildman–Crippen LogP) is 2.72. The third-order valence-electron chi connectivity index (χ3n) is 4.78. The number of aromatic nitrogens is 2. The summed E-state index contributed by atoms with van der Waals surface area (Å²) in [5, 5.41) is 7.00. The van der Waals surface area contributed by atoms with Gasteiger partial charge in [-0.15, -0.1) is 0 Å². The van der Waals surface area contributed by atoms with Gasteiger partial charge in [-0.2, -0.15) is 5.10 Å². The number of rotatable bonds is 1. The minimum atomic E-state index is -0.421. The largest absolute Gasteiger partial charge is 0.451 e. The van der Waals surface area contributed by atoms with Crippen LogP contribution in [0.25, 0.3) is 0 Å². The van der Waals surface area contributed by atoms with Gasteiger partial charge in [-0.3, -0.25) is 5.10 Å². The number of benzene rings is 1. The van der Waals surface area contributed by atoms with Crippen molar-refractivity contribution in [2.24, 2.45) is 0 Å². The van der Waals surface area contributed by atoms with Crippen LogP contribution in [0.15, 0.2) is 30.3 Å². The summed E-state index contributed by atoms with van der Waals surface area (Å²) >= 11 is 0. The van der Waals surface area contributed by atoms with Gasteiger partial charge in [-0.05, 0) is 31.7 Å². The van der Waals surface area contributed by atoms with E-state index in [2.05, 4.69) is 10.2 Å². The molecule has 0 saturated heterocycles. The number of esters is 1. The fourth-order valence-corrected chi connectivity index (χ4v) is 3.67. The lowest BCUT2D eigenvalue weighted by Gasteiger charge is -2.36. The highest BCUT2D eigenvalue weighted by molar-refractivity contribution is 5.94. The molecule has 1 spiro atoms. The Labute approximate surface area is 122 Å². The average Bonchev–Trinajstić information content (AvgIpc) is 3.04. The number of anilines is 1. The number of carbonyl (C=O) groups is 1. The Balaban J connectivity index is 1.59. The van der Waals surface area contributed by atoms with Crippen molar-refractivity contribution in [1.82, 2.24) is 10.2 Å². The van der Waals surface area contributed by atoms with Crippen molar-refractivity contribution in [3.05, 3.63) is 47.2 Å². The Kier molecular flexibility index (Phi) is 2.58. The molecule has 0 amide bonds. The summed E-state index contributed by atoms with van der Waals surface area (Å²) in [5.74, 6) is 0.754. The number of nitrogen functional groups attached to an aromatic ring is 1. The zero-order valence-electron chi connectivity index (χ0n) is 11.6. The lowest BCUT2D eigenvalue weighted by molar-refractivity contribution is -0.0310. The molecule has 4 rings (SSSR count). The third kappa shape index (κ3) is 1.84. The van der Waals surface area contributed by atoms with Gasteiger partial charge in [0.15, 0.2) is 0 Å². The molecule has 0 bridgehead atoms. The molecular formula is C16H17N3O2. The van der Waals surface area contributed by atoms with Crippen LogP contribution in [-0.4, -0.2) is 16.2 Å². The molecule has 5 nitrogen and oxygen atoms in total. The lowest BCUT2D eigenvalue weighted by Crippen LogP contribution is -2.31. The smallest absolute Gasteiger partial charge is 0.339 e. The number of fused-ring (bicyclic) bond motifs is 2. The summed E-state index contributed by atoms with van der Waals surface area (Å²) < 4.78 is 5.76. The van der Waals surface area contributed by atoms with E-state index in [1.165, 1.54) is 0 Å². The van der Waals surface area contributed by atoms with Crippen LogP contribution in [0.4, 0.5) is 5.82 Å². The molecule has 108 valence electrons. The predicted molar refractivity (Wildman–Crippen MR) is 77.7 cm³/mol. The molecule has 1 aromatic carbocycles.